The van der Waals surface area contributed by atoms with Crippen LogP contribution in [0.15, 0.2) is 29.6 Å². The molecule has 1 saturated heterocycles. The molecule has 7 heteroatoms. The van der Waals surface area contributed by atoms with Gasteiger partial charge >= 0.3 is 5.97 Å². The lowest BCUT2D eigenvalue weighted by molar-refractivity contribution is -0.0210. The molecular weight excluding hydrogens is 310 g/mol. The molecule has 1 amide bonds. The summed E-state index contributed by atoms with van der Waals surface area (Å²) >= 11 is 2.62. The number of morpholine rings is 1. The highest BCUT2D eigenvalue weighted by atomic mass is 32.1. The molecule has 110 valence electrons. The van der Waals surface area contributed by atoms with Gasteiger partial charge in [-0.1, -0.05) is 6.07 Å². The van der Waals surface area contributed by atoms with Crippen LogP contribution in [0.2, 0.25) is 0 Å². The molecule has 1 atom stereocenters. The van der Waals surface area contributed by atoms with E-state index in [4.69, 9.17) is 9.84 Å². The maximum atomic E-state index is 12.4. The first-order chi connectivity index (χ1) is 10.1. The first-order valence-corrected chi connectivity index (χ1v) is 8.12. The van der Waals surface area contributed by atoms with Crippen LogP contribution in [0.25, 0.3) is 0 Å². The standard InChI is InChI=1S/C14H13NO4S2/c16-13(11-3-4-12(21-11)14(17)18)15-5-6-19-9(8-15)10-2-1-7-20-10/h1-4,7,9H,5-6,8H2,(H,17,18). The lowest BCUT2D eigenvalue weighted by Crippen LogP contribution is -2.41. The predicted molar refractivity (Wildman–Crippen MR) is 80.2 cm³/mol. The van der Waals surface area contributed by atoms with E-state index >= 15 is 0 Å². The molecule has 0 saturated carbocycles. The zero-order valence-electron chi connectivity index (χ0n) is 11.0. The lowest BCUT2D eigenvalue weighted by atomic mass is 10.2. The molecule has 3 heterocycles. The topological polar surface area (TPSA) is 66.8 Å². The molecule has 5 nitrogen and oxygen atoms in total. The van der Waals surface area contributed by atoms with Gasteiger partial charge in [-0.15, -0.1) is 22.7 Å². The number of carbonyl (C=O) groups is 2. The van der Waals surface area contributed by atoms with Gasteiger partial charge < -0.3 is 14.7 Å². The minimum atomic E-state index is -1.00. The summed E-state index contributed by atoms with van der Waals surface area (Å²) in [5, 5.41) is 10.9. The van der Waals surface area contributed by atoms with Gasteiger partial charge in [0.2, 0.25) is 0 Å². The number of nitrogens with zero attached hydrogens (tertiary/aromatic N) is 1. The van der Waals surface area contributed by atoms with Crippen molar-refractivity contribution in [1.29, 1.82) is 0 Å². The fourth-order valence-corrected chi connectivity index (χ4v) is 3.78. The average molecular weight is 323 g/mol. The second-order valence-corrected chi connectivity index (χ2v) is 6.66. The Balaban J connectivity index is 1.73. The fraction of sp³-hybridized carbons (Fsp3) is 0.286. The van der Waals surface area contributed by atoms with Crippen molar-refractivity contribution in [3.05, 3.63) is 44.3 Å². The molecule has 0 radical (unpaired) electrons. The monoisotopic (exact) mass is 323 g/mol. The van der Waals surface area contributed by atoms with Gasteiger partial charge in [-0.2, -0.15) is 0 Å². The van der Waals surface area contributed by atoms with Crippen LogP contribution >= 0.6 is 22.7 Å². The van der Waals surface area contributed by atoms with Gasteiger partial charge in [-0.05, 0) is 23.6 Å². The van der Waals surface area contributed by atoms with Crippen molar-refractivity contribution in [2.75, 3.05) is 19.7 Å². The van der Waals surface area contributed by atoms with Crippen molar-refractivity contribution in [3.63, 3.8) is 0 Å². The van der Waals surface area contributed by atoms with Crippen molar-refractivity contribution in [2.45, 2.75) is 6.10 Å². The summed E-state index contributed by atoms with van der Waals surface area (Å²) in [5.41, 5.74) is 0. The maximum Gasteiger partial charge on any atom is 0.345 e. The zero-order valence-corrected chi connectivity index (χ0v) is 12.7. The number of amides is 1. The van der Waals surface area contributed by atoms with E-state index in [-0.39, 0.29) is 16.9 Å². The summed E-state index contributed by atoms with van der Waals surface area (Å²) in [6, 6.07) is 7.00. The third-order valence-electron chi connectivity index (χ3n) is 3.24. The molecule has 2 aromatic heterocycles. The Hall–Kier alpha value is -1.70. The minimum absolute atomic E-state index is 0.0957. The van der Waals surface area contributed by atoms with Crippen LogP contribution in [-0.4, -0.2) is 41.6 Å². The van der Waals surface area contributed by atoms with Gasteiger partial charge in [0.25, 0.3) is 5.91 Å². The van der Waals surface area contributed by atoms with Crippen LogP contribution in [0.5, 0.6) is 0 Å². The molecule has 1 N–H and O–H groups in total. The Morgan fingerprint density at radius 2 is 2.10 bits per heavy atom. The highest BCUT2D eigenvalue weighted by Crippen LogP contribution is 2.27. The molecule has 1 aliphatic heterocycles. The first-order valence-electron chi connectivity index (χ1n) is 6.42. The third-order valence-corrected chi connectivity index (χ3v) is 5.27. The number of carboxylic acid groups (broad SMARTS) is 1. The number of hydrogen-bond donors (Lipinski definition) is 1. The third kappa shape index (κ3) is 2.99. The van der Waals surface area contributed by atoms with E-state index in [1.807, 2.05) is 17.5 Å². The quantitative estimate of drug-likeness (QED) is 0.943. The summed E-state index contributed by atoms with van der Waals surface area (Å²) in [7, 11) is 0. The second kappa shape index (κ2) is 5.97. The van der Waals surface area contributed by atoms with Crippen molar-refractivity contribution in [1.82, 2.24) is 4.90 Å². The minimum Gasteiger partial charge on any atom is -0.477 e. The molecular formula is C14H13NO4S2. The zero-order chi connectivity index (χ0) is 14.8. The number of carbonyl (C=O) groups excluding carboxylic acids is 1. The fourth-order valence-electron chi connectivity index (χ4n) is 2.20. The van der Waals surface area contributed by atoms with Gasteiger partial charge in [-0.3, -0.25) is 4.79 Å². The first kappa shape index (κ1) is 14.2. The van der Waals surface area contributed by atoms with Crippen molar-refractivity contribution >= 4 is 34.6 Å². The van der Waals surface area contributed by atoms with E-state index in [2.05, 4.69) is 0 Å². The molecule has 1 fully saturated rings. The molecule has 3 rings (SSSR count). The Morgan fingerprint density at radius 3 is 2.76 bits per heavy atom. The predicted octanol–water partition coefficient (Wildman–Crippen LogP) is 2.72. The average Bonchev–Trinajstić information content (AvgIpc) is 3.18. The van der Waals surface area contributed by atoms with E-state index in [0.29, 0.717) is 24.6 Å². The van der Waals surface area contributed by atoms with Crippen molar-refractivity contribution in [3.8, 4) is 0 Å². The molecule has 1 aliphatic rings. The Labute approximate surface area is 129 Å². The summed E-state index contributed by atoms with van der Waals surface area (Å²) in [5.74, 6) is -1.13. The number of thiophene rings is 2. The number of aromatic carboxylic acids is 1. The molecule has 1 unspecified atom stereocenters. The van der Waals surface area contributed by atoms with E-state index in [0.717, 1.165) is 16.2 Å². The molecule has 0 aliphatic carbocycles. The maximum absolute atomic E-state index is 12.4. The smallest absolute Gasteiger partial charge is 0.345 e. The van der Waals surface area contributed by atoms with Gasteiger partial charge in [0.15, 0.2) is 0 Å². The second-order valence-electron chi connectivity index (χ2n) is 4.60. The summed E-state index contributed by atoms with van der Waals surface area (Å²) in [4.78, 5) is 26.8. The Morgan fingerprint density at radius 1 is 1.29 bits per heavy atom. The SMILES string of the molecule is O=C(O)c1ccc(C(=O)N2CCOC(c3cccs3)C2)s1. The molecule has 21 heavy (non-hydrogen) atoms. The van der Waals surface area contributed by atoms with E-state index in [1.165, 1.54) is 6.07 Å². The number of carboxylic acids is 1. The Kier molecular flexibility index (Phi) is 4.05. The number of rotatable bonds is 3. The van der Waals surface area contributed by atoms with Crippen LogP contribution in [0, 0.1) is 0 Å². The van der Waals surface area contributed by atoms with Crippen LogP contribution < -0.4 is 0 Å². The van der Waals surface area contributed by atoms with Crippen LogP contribution in [0.3, 0.4) is 0 Å². The summed E-state index contributed by atoms with van der Waals surface area (Å²) < 4.78 is 5.71. The summed E-state index contributed by atoms with van der Waals surface area (Å²) in [6.07, 6.45) is -0.0957. The van der Waals surface area contributed by atoms with Gasteiger partial charge in [0.05, 0.1) is 18.0 Å². The highest BCUT2D eigenvalue weighted by Gasteiger charge is 2.27. The number of hydrogen-bond acceptors (Lipinski definition) is 5. The van der Waals surface area contributed by atoms with E-state index in [9.17, 15) is 9.59 Å². The number of ether oxygens (including phenoxy) is 1. The summed E-state index contributed by atoms with van der Waals surface area (Å²) in [6.45, 7) is 1.52. The van der Waals surface area contributed by atoms with Gasteiger partial charge in [0, 0.05) is 11.4 Å². The van der Waals surface area contributed by atoms with E-state index in [1.54, 1.807) is 22.3 Å². The van der Waals surface area contributed by atoms with Crippen LogP contribution in [0.4, 0.5) is 0 Å². The van der Waals surface area contributed by atoms with Crippen LogP contribution in [0.1, 0.15) is 30.3 Å². The molecule has 0 aromatic carbocycles. The Bertz CT molecular complexity index is 650. The van der Waals surface area contributed by atoms with Gasteiger partial charge in [-0.25, -0.2) is 4.79 Å². The van der Waals surface area contributed by atoms with E-state index < -0.39 is 5.97 Å². The van der Waals surface area contributed by atoms with Gasteiger partial charge in [0.1, 0.15) is 11.0 Å². The van der Waals surface area contributed by atoms with Crippen molar-refractivity contribution in [2.24, 2.45) is 0 Å². The normalized spacial score (nSPS) is 18.7. The molecule has 2 aromatic rings. The highest BCUT2D eigenvalue weighted by molar-refractivity contribution is 7.15. The molecule has 0 bridgehead atoms. The lowest BCUT2D eigenvalue weighted by Gasteiger charge is -2.32. The molecule has 0 spiro atoms. The largest absolute Gasteiger partial charge is 0.477 e. The van der Waals surface area contributed by atoms with Crippen LogP contribution in [-0.2, 0) is 4.74 Å². The van der Waals surface area contributed by atoms with Crippen molar-refractivity contribution < 1.29 is 19.4 Å².